The minimum absolute atomic E-state index is 0.308. The van der Waals surface area contributed by atoms with Crippen LogP contribution in [0.5, 0.6) is 0 Å². The first-order chi connectivity index (χ1) is 10.6. The fourth-order valence-corrected chi connectivity index (χ4v) is 4.29. The number of carbonyl (C=O) groups is 1. The van der Waals surface area contributed by atoms with Gasteiger partial charge in [-0.1, -0.05) is 13.8 Å². The second kappa shape index (κ2) is 6.20. The summed E-state index contributed by atoms with van der Waals surface area (Å²) in [6.07, 6.45) is 6.65. The monoisotopic (exact) mass is 319 g/mol. The Balaban J connectivity index is 1.99. The van der Waals surface area contributed by atoms with E-state index in [1.165, 1.54) is 29.6 Å². The molecule has 2 aromatic heterocycles. The van der Waals surface area contributed by atoms with Gasteiger partial charge in [0, 0.05) is 4.88 Å². The minimum atomic E-state index is -0.829. The molecule has 118 valence electrons. The van der Waals surface area contributed by atoms with E-state index in [2.05, 4.69) is 15.3 Å². The van der Waals surface area contributed by atoms with Gasteiger partial charge < -0.3 is 10.4 Å². The standard InChI is InChI=1S/C16H21N3O2S/c1-9(2)7-11(16(20)21)19-14-13-10-5-3-4-6-12(10)22-15(13)18-8-17-14/h8-9,11H,3-7H2,1-2H3,(H,20,21)(H,17,18,19)/t11-/m0/s1. The molecule has 0 aromatic carbocycles. The van der Waals surface area contributed by atoms with Crippen molar-refractivity contribution in [3.05, 3.63) is 16.8 Å². The third-order valence-electron chi connectivity index (χ3n) is 4.07. The average molecular weight is 319 g/mol. The van der Waals surface area contributed by atoms with Gasteiger partial charge in [-0.2, -0.15) is 0 Å². The summed E-state index contributed by atoms with van der Waals surface area (Å²) in [4.78, 5) is 22.6. The lowest BCUT2D eigenvalue weighted by Crippen LogP contribution is -2.31. The van der Waals surface area contributed by atoms with E-state index in [9.17, 15) is 9.90 Å². The molecule has 1 aliphatic rings. The number of hydrogen-bond acceptors (Lipinski definition) is 5. The molecular weight excluding hydrogens is 298 g/mol. The molecular formula is C16H21N3O2S. The van der Waals surface area contributed by atoms with E-state index in [-0.39, 0.29) is 0 Å². The highest BCUT2D eigenvalue weighted by atomic mass is 32.1. The Kier molecular flexibility index (Phi) is 4.29. The number of aromatic nitrogens is 2. The van der Waals surface area contributed by atoms with E-state index in [0.29, 0.717) is 18.2 Å². The van der Waals surface area contributed by atoms with E-state index in [1.54, 1.807) is 11.3 Å². The van der Waals surface area contributed by atoms with E-state index >= 15 is 0 Å². The molecule has 3 rings (SSSR count). The second-order valence-electron chi connectivity index (χ2n) is 6.28. The lowest BCUT2D eigenvalue weighted by atomic mass is 9.97. The number of aliphatic carboxylic acids is 1. The van der Waals surface area contributed by atoms with Crippen LogP contribution in [0.15, 0.2) is 6.33 Å². The van der Waals surface area contributed by atoms with E-state index in [0.717, 1.165) is 23.1 Å². The fourth-order valence-electron chi connectivity index (χ4n) is 3.06. The zero-order chi connectivity index (χ0) is 15.7. The van der Waals surface area contributed by atoms with Crippen molar-refractivity contribution in [3.8, 4) is 0 Å². The molecule has 0 unspecified atom stereocenters. The summed E-state index contributed by atoms with van der Waals surface area (Å²) in [7, 11) is 0. The zero-order valence-electron chi connectivity index (χ0n) is 12.9. The summed E-state index contributed by atoms with van der Waals surface area (Å²) >= 11 is 1.72. The molecule has 2 heterocycles. The lowest BCUT2D eigenvalue weighted by molar-refractivity contribution is -0.138. The maximum Gasteiger partial charge on any atom is 0.326 e. The Hall–Kier alpha value is -1.69. The van der Waals surface area contributed by atoms with Gasteiger partial charge >= 0.3 is 5.97 Å². The number of nitrogens with one attached hydrogen (secondary N) is 1. The predicted molar refractivity (Wildman–Crippen MR) is 88.6 cm³/mol. The van der Waals surface area contributed by atoms with Crippen LogP contribution in [0.25, 0.3) is 10.2 Å². The summed E-state index contributed by atoms with van der Waals surface area (Å²) in [6, 6.07) is -0.614. The molecule has 0 fully saturated rings. The number of rotatable bonds is 5. The molecule has 22 heavy (non-hydrogen) atoms. The highest BCUT2D eigenvalue weighted by molar-refractivity contribution is 7.19. The Morgan fingerprint density at radius 2 is 2.14 bits per heavy atom. The number of carboxylic acid groups (broad SMARTS) is 1. The van der Waals surface area contributed by atoms with Crippen molar-refractivity contribution >= 4 is 33.3 Å². The van der Waals surface area contributed by atoms with Gasteiger partial charge in [0.1, 0.15) is 23.0 Å². The number of fused-ring (bicyclic) bond motifs is 3. The molecule has 6 heteroatoms. The number of carboxylic acids is 1. The predicted octanol–water partition coefficient (Wildman–Crippen LogP) is 3.48. The fraction of sp³-hybridized carbons (Fsp3) is 0.562. The molecule has 0 aliphatic heterocycles. The Morgan fingerprint density at radius 3 is 2.86 bits per heavy atom. The Bertz CT molecular complexity index is 696. The van der Waals surface area contributed by atoms with Crippen molar-refractivity contribution < 1.29 is 9.90 Å². The SMILES string of the molecule is CC(C)C[C@H](Nc1ncnc2sc3c(c12)CCCC3)C(=O)O. The normalized spacial score (nSPS) is 15.8. The molecule has 1 atom stereocenters. The van der Waals surface area contributed by atoms with E-state index < -0.39 is 12.0 Å². The highest BCUT2D eigenvalue weighted by Gasteiger charge is 2.24. The number of thiophene rings is 1. The molecule has 0 bridgehead atoms. The minimum Gasteiger partial charge on any atom is -0.480 e. The summed E-state index contributed by atoms with van der Waals surface area (Å²) in [5.41, 5.74) is 1.32. The lowest BCUT2D eigenvalue weighted by Gasteiger charge is -2.18. The summed E-state index contributed by atoms with van der Waals surface area (Å²) < 4.78 is 0. The molecule has 0 radical (unpaired) electrons. The van der Waals surface area contributed by atoms with Crippen molar-refractivity contribution in [1.29, 1.82) is 0 Å². The number of nitrogens with zero attached hydrogens (tertiary/aromatic N) is 2. The van der Waals surface area contributed by atoms with Crippen LogP contribution in [0.2, 0.25) is 0 Å². The maximum absolute atomic E-state index is 11.5. The number of hydrogen-bond donors (Lipinski definition) is 2. The first-order valence-electron chi connectivity index (χ1n) is 7.81. The topological polar surface area (TPSA) is 75.1 Å². The van der Waals surface area contributed by atoms with Gasteiger partial charge in [-0.05, 0) is 43.6 Å². The van der Waals surface area contributed by atoms with Gasteiger partial charge in [0.15, 0.2) is 0 Å². The largest absolute Gasteiger partial charge is 0.480 e. The van der Waals surface area contributed by atoms with Crippen molar-refractivity contribution in [2.75, 3.05) is 5.32 Å². The zero-order valence-corrected chi connectivity index (χ0v) is 13.7. The quantitative estimate of drug-likeness (QED) is 0.882. The van der Waals surface area contributed by atoms with Crippen LogP contribution in [0, 0.1) is 5.92 Å². The van der Waals surface area contributed by atoms with Gasteiger partial charge in [-0.25, -0.2) is 14.8 Å². The van der Waals surface area contributed by atoms with E-state index in [4.69, 9.17) is 0 Å². The maximum atomic E-state index is 11.5. The van der Waals surface area contributed by atoms with Crippen molar-refractivity contribution in [2.24, 2.45) is 5.92 Å². The van der Waals surface area contributed by atoms with Crippen molar-refractivity contribution in [2.45, 2.75) is 52.0 Å². The third-order valence-corrected chi connectivity index (χ3v) is 5.27. The van der Waals surface area contributed by atoms with Crippen LogP contribution in [-0.4, -0.2) is 27.1 Å². The van der Waals surface area contributed by atoms with Crippen LogP contribution in [0.3, 0.4) is 0 Å². The first-order valence-corrected chi connectivity index (χ1v) is 8.62. The summed E-state index contributed by atoms with van der Waals surface area (Å²) in [6.45, 7) is 4.05. The molecule has 2 N–H and O–H groups in total. The second-order valence-corrected chi connectivity index (χ2v) is 7.36. The van der Waals surface area contributed by atoms with Crippen LogP contribution >= 0.6 is 11.3 Å². The number of anilines is 1. The van der Waals surface area contributed by atoms with Crippen LogP contribution < -0.4 is 5.32 Å². The molecule has 5 nitrogen and oxygen atoms in total. The molecule has 2 aromatic rings. The Morgan fingerprint density at radius 1 is 1.36 bits per heavy atom. The van der Waals surface area contributed by atoms with Crippen LogP contribution in [0.4, 0.5) is 5.82 Å². The summed E-state index contributed by atoms with van der Waals surface area (Å²) in [5, 5.41) is 13.6. The van der Waals surface area contributed by atoms with E-state index in [1.807, 2.05) is 13.8 Å². The Labute approximate surface area is 133 Å². The highest BCUT2D eigenvalue weighted by Crippen LogP contribution is 2.38. The van der Waals surface area contributed by atoms with Gasteiger partial charge in [-0.15, -0.1) is 11.3 Å². The van der Waals surface area contributed by atoms with Gasteiger partial charge in [0.25, 0.3) is 0 Å². The number of aryl methyl sites for hydroxylation is 2. The summed E-state index contributed by atoms with van der Waals surface area (Å²) in [5.74, 6) is 0.157. The first kappa shape index (κ1) is 15.2. The molecule has 0 saturated carbocycles. The molecule has 0 spiro atoms. The van der Waals surface area contributed by atoms with Crippen LogP contribution in [0.1, 0.15) is 43.6 Å². The van der Waals surface area contributed by atoms with Crippen molar-refractivity contribution in [1.82, 2.24) is 9.97 Å². The smallest absolute Gasteiger partial charge is 0.326 e. The third kappa shape index (κ3) is 2.92. The molecule has 1 aliphatic carbocycles. The molecule has 0 saturated heterocycles. The molecule has 0 amide bonds. The van der Waals surface area contributed by atoms with Gasteiger partial charge in [-0.3, -0.25) is 0 Å². The van der Waals surface area contributed by atoms with Crippen LogP contribution in [-0.2, 0) is 17.6 Å². The van der Waals surface area contributed by atoms with Crippen molar-refractivity contribution in [3.63, 3.8) is 0 Å². The van der Waals surface area contributed by atoms with Gasteiger partial charge in [0.05, 0.1) is 5.39 Å². The average Bonchev–Trinajstić information content (AvgIpc) is 2.85. The van der Waals surface area contributed by atoms with Gasteiger partial charge in [0.2, 0.25) is 0 Å².